The van der Waals surface area contributed by atoms with Gasteiger partial charge in [0.1, 0.15) is 42.3 Å². The van der Waals surface area contributed by atoms with Gasteiger partial charge in [0.15, 0.2) is 0 Å². The highest BCUT2D eigenvalue weighted by Crippen LogP contribution is 2.40. The summed E-state index contributed by atoms with van der Waals surface area (Å²) in [6.45, 7) is 13.4. The number of benzene rings is 1. The third kappa shape index (κ3) is 6.05. The largest absolute Gasteiger partial charge is 0.444 e. The molecule has 1 aromatic carbocycles. The van der Waals surface area contributed by atoms with Crippen LogP contribution in [0.3, 0.4) is 0 Å². The highest BCUT2D eigenvalue weighted by atomic mass is 32.2. The minimum atomic E-state index is -3.19. The van der Waals surface area contributed by atoms with Crippen molar-refractivity contribution in [1.29, 1.82) is 0 Å². The fourth-order valence-electron chi connectivity index (χ4n) is 3.41. The monoisotopic (exact) mass is 511 g/mol. The summed E-state index contributed by atoms with van der Waals surface area (Å²) in [5.41, 5.74) is 0.986. The van der Waals surface area contributed by atoms with Crippen LogP contribution in [0.4, 0.5) is 13.6 Å². The molecule has 2 atom stereocenters. The topological polar surface area (TPSA) is 80.1 Å². The van der Waals surface area contributed by atoms with Gasteiger partial charge in [-0.25, -0.2) is 22.1 Å². The minimum Gasteiger partial charge on any atom is -0.444 e. The molecule has 10 heteroatoms. The van der Waals surface area contributed by atoms with Crippen molar-refractivity contribution in [2.75, 3.05) is 19.5 Å². The molecular formula is C24H35F2N3O3SSi. The van der Waals surface area contributed by atoms with Crippen LogP contribution in [0.15, 0.2) is 27.6 Å². The van der Waals surface area contributed by atoms with E-state index in [1.165, 1.54) is 25.2 Å². The molecule has 0 saturated heterocycles. The molecule has 1 N–H and O–H groups in total. The molecule has 0 saturated carbocycles. The molecule has 0 aromatic heterocycles. The molecule has 0 unspecified atom stereocenters. The van der Waals surface area contributed by atoms with Crippen LogP contribution in [0.1, 0.15) is 45.7 Å². The van der Waals surface area contributed by atoms with Gasteiger partial charge in [0.25, 0.3) is 0 Å². The second kappa shape index (κ2) is 9.42. The molecule has 0 fully saturated rings. The number of amides is 1. The summed E-state index contributed by atoms with van der Waals surface area (Å²) >= 11 is 0. The van der Waals surface area contributed by atoms with E-state index in [1.807, 2.05) is 0 Å². The van der Waals surface area contributed by atoms with Gasteiger partial charge in [-0.1, -0.05) is 25.6 Å². The number of carbonyl (C=O) groups is 1. The maximum absolute atomic E-state index is 15.1. The zero-order valence-corrected chi connectivity index (χ0v) is 23.2. The van der Waals surface area contributed by atoms with Crippen molar-refractivity contribution in [3.63, 3.8) is 0 Å². The number of nitrogens with one attached hydrogen (secondary N) is 1. The predicted molar refractivity (Wildman–Crippen MR) is 137 cm³/mol. The van der Waals surface area contributed by atoms with Crippen LogP contribution in [0.5, 0.6) is 0 Å². The lowest BCUT2D eigenvalue weighted by atomic mass is 9.91. The van der Waals surface area contributed by atoms with Gasteiger partial charge in [0.2, 0.25) is 0 Å². The summed E-state index contributed by atoms with van der Waals surface area (Å²) in [7, 11) is -3.53. The zero-order valence-electron chi connectivity index (χ0n) is 21.4. The van der Waals surface area contributed by atoms with Crippen LogP contribution in [-0.4, -0.2) is 54.0 Å². The van der Waals surface area contributed by atoms with Crippen molar-refractivity contribution in [3.8, 4) is 11.5 Å². The summed E-state index contributed by atoms with van der Waals surface area (Å²) in [5, 5.41) is 2.53. The SMILES string of the molecule is CN=[S@@]1(=O)C[C@@](CF)(c2cc(C#C[Si](C)(C)C)ccc2F)N=C(NC(=O)OC(C)(C)C)C1(C)C. The first kappa shape index (κ1) is 28.0. The molecule has 1 amide bonds. The van der Waals surface area contributed by atoms with E-state index in [1.54, 1.807) is 34.6 Å². The number of carbonyl (C=O) groups excluding carboxylic acids is 1. The standard InChI is InChI=1S/C24H35F2N3O3SSi/c1-22(2,3)32-21(30)28-20-23(4,5)33(31,27-6)16-24(15-25,29-20)18-14-17(10-11-19(18)26)12-13-34(7,8)9/h10-11,14H,15-16H2,1-9H3,(H,28,29,30)/t24-,33+/m0/s1. The first-order chi connectivity index (χ1) is 15.4. The molecule has 1 aliphatic heterocycles. The van der Waals surface area contributed by atoms with Crippen LogP contribution in [0.2, 0.25) is 19.6 Å². The Morgan fingerprint density at radius 2 is 1.94 bits per heavy atom. The number of hydrogen-bond donors (Lipinski definition) is 1. The molecule has 188 valence electrons. The molecule has 1 aromatic rings. The maximum Gasteiger partial charge on any atom is 0.413 e. The molecule has 0 bridgehead atoms. The molecule has 1 heterocycles. The Morgan fingerprint density at radius 1 is 1.32 bits per heavy atom. The van der Waals surface area contributed by atoms with Crippen LogP contribution >= 0.6 is 0 Å². The van der Waals surface area contributed by atoms with Crippen LogP contribution in [-0.2, 0) is 20.0 Å². The number of amidine groups is 1. The van der Waals surface area contributed by atoms with Gasteiger partial charge in [0, 0.05) is 18.2 Å². The molecule has 0 radical (unpaired) electrons. The van der Waals surface area contributed by atoms with Gasteiger partial charge in [-0.2, -0.15) is 0 Å². The Morgan fingerprint density at radius 3 is 2.44 bits per heavy atom. The number of nitrogens with zero attached hydrogens (tertiary/aromatic N) is 2. The van der Waals surface area contributed by atoms with E-state index in [2.05, 4.69) is 45.8 Å². The van der Waals surface area contributed by atoms with E-state index in [9.17, 15) is 13.4 Å². The van der Waals surface area contributed by atoms with E-state index in [4.69, 9.17) is 4.74 Å². The summed E-state index contributed by atoms with van der Waals surface area (Å²) in [6, 6.07) is 4.18. The summed E-state index contributed by atoms with van der Waals surface area (Å²) in [5.74, 6) is 1.93. The number of ether oxygens (including phenoxy) is 1. The van der Waals surface area contributed by atoms with Crippen molar-refractivity contribution in [1.82, 2.24) is 5.32 Å². The van der Waals surface area contributed by atoms with Crippen molar-refractivity contribution in [3.05, 3.63) is 35.1 Å². The van der Waals surface area contributed by atoms with Crippen molar-refractivity contribution < 1.29 is 22.5 Å². The predicted octanol–water partition coefficient (Wildman–Crippen LogP) is 5.03. The molecule has 0 aliphatic carbocycles. The van der Waals surface area contributed by atoms with E-state index in [0.29, 0.717) is 5.56 Å². The first-order valence-electron chi connectivity index (χ1n) is 11.0. The molecule has 0 spiro atoms. The molecule has 1 aliphatic rings. The second-order valence-electron chi connectivity index (χ2n) is 10.9. The van der Waals surface area contributed by atoms with Gasteiger partial charge in [0.05, 0.1) is 15.5 Å². The number of halogens is 2. The van der Waals surface area contributed by atoms with Crippen molar-refractivity contribution in [2.24, 2.45) is 9.36 Å². The quantitative estimate of drug-likeness (QED) is 0.447. The highest BCUT2D eigenvalue weighted by molar-refractivity contribution is 7.95. The highest BCUT2D eigenvalue weighted by Gasteiger charge is 2.51. The maximum atomic E-state index is 15.1. The number of alkyl carbamates (subject to hydrolysis) is 1. The fraction of sp³-hybridized carbons (Fsp3) is 0.583. The number of alkyl halides is 1. The smallest absolute Gasteiger partial charge is 0.413 e. The molecule has 6 nitrogen and oxygen atoms in total. The molecular weight excluding hydrogens is 476 g/mol. The summed E-state index contributed by atoms with van der Waals surface area (Å²) in [6.07, 6.45) is -0.831. The van der Waals surface area contributed by atoms with Crippen molar-refractivity contribution in [2.45, 2.75) is 70.1 Å². The Balaban J connectivity index is 2.75. The van der Waals surface area contributed by atoms with Gasteiger partial charge in [-0.05, 0) is 52.8 Å². The lowest BCUT2D eigenvalue weighted by Crippen LogP contribution is -2.59. The van der Waals surface area contributed by atoms with Crippen molar-refractivity contribution >= 4 is 29.7 Å². The van der Waals surface area contributed by atoms with Crippen LogP contribution in [0, 0.1) is 17.3 Å². The zero-order chi connectivity index (χ0) is 26.2. The van der Waals surface area contributed by atoms with Crippen LogP contribution in [0.25, 0.3) is 0 Å². The number of hydrogen-bond acceptors (Lipinski definition) is 5. The second-order valence-corrected chi connectivity index (χ2v) is 18.6. The average molecular weight is 512 g/mol. The Kier molecular flexibility index (Phi) is 7.75. The fourth-order valence-corrected chi connectivity index (χ4v) is 6.21. The van der Waals surface area contributed by atoms with E-state index in [0.717, 1.165) is 0 Å². The Labute approximate surface area is 203 Å². The third-order valence-electron chi connectivity index (χ3n) is 5.31. The molecule has 34 heavy (non-hydrogen) atoms. The number of rotatable bonds is 2. The minimum absolute atomic E-state index is 0.0702. The van der Waals surface area contributed by atoms with E-state index in [-0.39, 0.29) is 17.2 Å². The van der Waals surface area contributed by atoms with Gasteiger partial charge in [-0.3, -0.25) is 10.3 Å². The normalized spacial score (nSPS) is 24.4. The lowest BCUT2D eigenvalue weighted by molar-refractivity contribution is 0.0560. The summed E-state index contributed by atoms with van der Waals surface area (Å²) < 4.78 is 52.0. The lowest BCUT2D eigenvalue weighted by Gasteiger charge is -2.42. The van der Waals surface area contributed by atoms with E-state index >= 15 is 4.39 Å². The van der Waals surface area contributed by atoms with Gasteiger partial charge >= 0.3 is 6.09 Å². The molecule has 2 rings (SSSR count). The number of aliphatic imine (C=N–C) groups is 1. The van der Waals surface area contributed by atoms with Gasteiger partial charge in [-0.15, -0.1) is 5.54 Å². The van der Waals surface area contributed by atoms with Gasteiger partial charge < -0.3 is 4.74 Å². The van der Waals surface area contributed by atoms with E-state index < -0.39 is 52.3 Å². The third-order valence-corrected chi connectivity index (χ3v) is 9.43. The Hall–Kier alpha value is -2.25. The summed E-state index contributed by atoms with van der Waals surface area (Å²) in [4.78, 5) is 17.0. The Bertz CT molecular complexity index is 1180. The van der Waals surface area contributed by atoms with Crippen LogP contribution < -0.4 is 5.32 Å². The first-order valence-corrected chi connectivity index (χ1v) is 16.2. The average Bonchev–Trinajstić information content (AvgIpc) is 2.69.